The first-order valence-corrected chi connectivity index (χ1v) is 14.0. The molecule has 4 N–H and O–H groups in total. The number of guanidine groups is 1. The maximum Gasteiger partial charge on any atom is 0.265 e. The molecule has 4 aromatic rings. The van der Waals surface area contributed by atoms with Gasteiger partial charge in [0.2, 0.25) is 5.91 Å². The molecule has 0 radical (unpaired) electrons. The number of benzene rings is 4. The number of nitrogens with two attached hydrogens (primary N) is 1. The average molecular weight is 547 g/mol. The third kappa shape index (κ3) is 6.84. The first kappa shape index (κ1) is 27.7. The Bertz CT molecular complexity index is 1560. The fraction of sp³-hybridized carbons (Fsp3) is 0.242. The number of carbonyl (C=O) groups is 2. The molecule has 0 bridgehead atoms. The molecule has 5 rings (SSSR count). The van der Waals surface area contributed by atoms with Crippen LogP contribution < -0.4 is 16.1 Å². The van der Waals surface area contributed by atoms with Crippen LogP contribution in [-0.2, 0) is 17.8 Å². The van der Waals surface area contributed by atoms with Crippen LogP contribution in [0.4, 0.5) is 5.69 Å². The summed E-state index contributed by atoms with van der Waals surface area (Å²) >= 11 is 0. The van der Waals surface area contributed by atoms with Crippen LogP contribution in [0.15, 0.2) is 101 Å². The summed E-state index contributed by atoms with van der Waals surface area (Å²) in [4.78, 5) is 28.1. The first-order valence-electron chi connectivity index (χ1n) is 14.0. The van der Waals surface area contributed by atoms with Crippen LogP contribution in [-0.4, -0.2) is 17.8 Å². The van der Waals surface area contributed by atoms with E-state index in [-0.39, 0.29) is 18.3 Å². The largest absolute Gasteiger partial charge is 0.320 e. The van der Waals surface area contributed by atoms with Gasteiger partial charge in [-0.2, -0.15) is 0 Å². The number of nitrogens with one attached hydrogen (secondary N) is 2. The molecule has 208 valence electrons. The van der Waals surface area contributed by atoms with Crippen LogP contribution in [0, 0.1) is 5.53 Å². The van der Waals surface area contributed by atoms with Gasteiger partial charge < -0.3 is 10.7 Å². The number of amides is 2. The number of nitrogens with zero attached hydrogens (tertiary/aromatic N) is 3. The molecule has 2 amide bonds. The van der Waals surface area contributed by atoms with Crippen molar-refractivity contribution >= 4 is 34.2 Å². The molecule has 41 heavy (non-hydrogen) atoms. The molecule has 1 fully saturated rings. The van der Waals surface area contributed by atoms with Gasteiger partial charge in [-0.05, 0) is 70.5 Å². The van der Waals surface area contributed by atoms with E-state index < -0.39 is 5.91 Å². The van der Waals surface area contributed by atoms with Crippen LogP contribution in [0.3, 0.4) is 0 Å². The second kappa shape index (κ2) is 13.0. The van der Waals surface area contributed by atoms with Gasteiger partial charge in [0.1, 0.15) is 0 Å². The van der Waals surface area contributed by atoms with Gasteiger partial charge in [0.15, 0.2) is 0 Å². The summed E-state index contributed by atoms with van der Waals surface area (Å²) in [5.41, 5.74) is 11.4. The number of anilines is 1. The van der Waals surface area contributed by atoms with Gasteiger partial charge in [0.25, 0.3) is 11.9 Å². The molecular formula is C33H34N6O2. The predicted octanol–water partition coefficient (Wildman–Crippen LogP) is 6.65. The molecule has 0 aromatic heterocycles. The van der Waals surface area contributed by atoms with Gasteiger partial charge in [0, 0.05) is 11.3 Å². The summed E-state index contributed by atoms with van der Waals surface area (Å²) in [6.07, 6.45) is 6.57. The van der Waals surface area contributed by atoms with Crippen molar-refractivity contribution < 1.29 is 9.59 Å². The minimum Gasteiger partial charge on any atom is -0.320 e. The zero-order valence-electron chi connectivity index (χ0n) is 22.9. The Kier molecular flexibility index (Phi) is 8.79. The monoisotopic (exact) mass is 546 g/mol. The molecule has 8 heteroatoms. The van der Waals surface area contributed by atoms with Gasteiger partial charge in [-0.1, -0.05) is 86.0 Å². The van der Waals surface area contributed by atoms with Crippen molar-refractivity contribution in [2.24, 2.45) is 16.1 Å². The second-order valence-corrected chi connectivity index (χ2v) is 10.5. The lowest BCUT2D eigenvalue weighted by molar-refractivity contribution is -0.118. The minimum atomic E-state index is -0.473. The molecule has 0 saturated heterocycles. The van der Waals surface area contributed by atoms with E-state index in [1.807, 2.05) is 35.2 Å². The predicted molar refractivity (Wildman–Crippen MR) is 162 cm³/mol. The summed E-state index contributed by atoms with van der Waals surface area (Å²) in [6, 6.07) is 29.7. The molecule has 0 spiro atoms. The van der Waals surface area contributed by atoms with Crippen molar-refractivity contribution in [3.8, 4) is 0 Å². The van der Waals surface area contributed by atoms with Gasteiger partial charge in [-0.3, -0.25) is 14.9 Å². The van der Waals surface area contributed by atoms with E-state index in [4.69, 9.17) is 11.4 Å². The SMILES string of the molecule is N=NC(=NN)NC(=O)c1ccc(CN(C(=O)Cc2ccc3ccccc3c2)c2ccc(C3CCCCC3)cc2)cc1. The molecular weight excluding hydrogens is 512 g/mol. The Balaban J connectivity index is 1.38. The summed E-state index contributed by atoms with van der Waals surface area (Å²) in [5.74, 6) is 4.96. The van der Waals surface area contributed by atoms with Crippen LogP contribution >= 0.6 is 0 Å². The normalized spacial score (nSPS) is 14.0. The minimum absolute atomic E-state index is 0.00614. The summed E-state index contributed by atoms with van der Waals surface area (Å²) in [5, 5.41) is 10.9. The second-order valence-electron chi connectivity index (χ2n) is 10.5. The zero-order chi connectivity index (χ0) is 28.6. The van der Waals surface area contributed by atoms with Crippen molar-refractivity contribution in [1.29, 1.82) is 5.53 Å². The zero-order valence-corrected chi connectivity index (χ0v) is 22.9. The molecule has 4 aromatic carbocycles. The molecule has 1 aliphatic rings. The third-order valence-corrected chi connectivity index (χ3v) is 7.76. The van der Waals surface area contributed by atoms with Gasteiger partial charge >= 0.3 is 0 Å². The van der Waals surface area contributed by atoms with Crippen LogP contribution in [0.2, 0.25) is 0 Å². The number of hydrazone groups is 1. The van der Waals surface area contributed by atoms with E-state index in [0.29, 0.717) is 18.0 Å². The molecule has 0 atom stereocenters. The molecule has 0 heterocycles. The van der Waals surface area contributed by atoms with Gasteiger partial charge in [0.05, 0.1) is 13.0 Å². The molecule has 1 saturated carbocycles. The van der Waals surface area contributed by atoms with Crippen LogP contribution in [0.25, 0.3) is 10.8 Å². The number of hydrogen-bond donors (Lipinski definition) is 3. The van der Waals surface area contributed by atoms with Crippen molar-refractivity contribution in [3.63, 3.8) is 0 Å². The highest BCUT2D eigenvalue weighted by atomic mass is 16.2. The van der Waals surface area contributed by atoms with E-state index in [1.54, 1.807) is 12.1 Å². The summed E-state index contributed by atoms with van der Waals surface area (Å²) in [7, 11) is 0. The van der Waals surface area contributed by atoms with Gasteiger partial charge in [-0.15, -0.1) is 10.2 Å². The number of carbonyl (C=O) groups excluding carboxylic acids is 2. The molecule has 0 unspecified atom stereocenters. The highest BCUT2D eigenvalue weighted by Crippen LogP contribution is 2.33. The standard InChI is InChI=1S/C33H34N6O2/c34-37-33(38-35)36-32(41)28-14-10-23(11-15-28)22-39(30-18-16-27(17-19-30)25-6-2-1-3-7-25)31(40)21-24-12-13-26-8-4-5-9-29(26)20-24/h4-5,8-20,25,34H,1-3,6-7,21-22,35H2,(H,36,38,41). The Morgan fingerprint density at radius 3 is 2.22 bits per heavy atom. The number of rotatable bonds is 7. The number of fused-ring (bicyclic) bond motifs is 1. The lowest BCUT2D eigenvalue weighted by atomic mass is 9.84. The first-order chi connectivity index (χ1) is 20.0. The Labute approximate surface area is 239 Å². The summed E-state index contributed by atoms with van der Waals surface area (Å²) in [6.45, 7) is 0.356. The van der Waals surface area contributed by atoms with Crippen LogP contribution in [0.5, 0.6) is 0 Å². The average Bonchev–Trinajstić information content (AvgIpc) is 3.03. The lowest BCUT2D eigenvalue weighted by Gasteiger charge is -2.26. The lowest BCUT2D eigenvalue weighted by Crippen LogP contribution is -2.32. The maximum absolute atomic E-state index is 13.8. The molecule has 0 aliphatic heterocycles. The smallest absolute Gasteiger partial charge is 0.265 e. The fourth-order valence-corrected chi connectivity index (χ4v) is 5.51. The topological polar surface area (TPSA) is 124 Å². The van der Waals surface area contributed by atoms with Crippen molar-refractivity contribution in [3.05, 3.63) is 113 Å². The Morgan fingerprint density at radius 2 is 1.54 bits per heavy atom. The van der Waals surface area contributed by atoms with Crippen molar-refractivity contribution in [2.45, 2.75) is 51.0 Å². The van der Waals surface area contributed by atoms with Crippen molar-refractivity contribution in [1.82, 2.24) is 5.32 Å². The van der Waals surface area contributed by atoms with E-state index in [2.05, 4.69) is 64.1 Å². The Hall–Kier alpha value is -4.85. The maximum atomic E-state index is 13.8. The highest BCUT2D eigenvalue weighted by Gasteiger charge is 2.20. The summed E-state index contributed by atoms with van der Waals surface area (Å²) < 4.78 is 0. The van der Waals surface area contributed by atoms with Crippen molar-refractivity contribution in [2.75, 3.05) is 4.90 Å². The van der Waals surface area contributed by atoms with E-state index in [1.165, 1.54) is 37.7 Å². The number of hydrogen-bond acceptors (Lipinski definition) is 5. The quantitative estimate of drug-likeness (QED) is 0.0790. The van der Waals surface area contributed by atoms with Crippen LogP contribution in [0.1, 0.15) is 65.1 Å². The highest BCUT2D eigenvalue weighted by molar-refractivity contribution is 6.05. The van der Waals surface area contributed by atoms with E-state index in [9.17, 15) is 9.59 Å². The fourth-order valence-electron chi connectivity index (χ4n) is 5.51. The molecule has 1 aliphatic carbocycles. The third-order valence-electron chi connectivity index (χ3n) is 7.76. The Morgan fingerprint density at radius 1 is 0.854 bits per heavy atom. The molecule has 8 nitrogen and oxygen atoms in total. The van der Waals surface area contributed by atoms with E-state index >= 15 is 0 Å². The van der Waals surface area contributed by atoms with Gasteiger partial charge in [-0.25, -0.2) is 5.53 Å². The van der Waals surface area contributed by atoms with E-state index in [0.717, 1.165) is 27.6 Å².